The Kier molecular flexibility index (Phi) is 3.91. The van der Waals surface area contributed by atoms with E-state index in [1.54, 1.807) is 13.0 Å². The molecule has 1 aromatic carbocycles. The number of benzene rings is 1. The SMILES string of the molecule is Cc1[c]ccc(S(=O)(=O)N2CCCCC2C(=O)O)c1. The number of carboxylic acids is 1. The van der Waals surface area contributed by atoms with Crippen molar-refractivity contribution in [3.05, 3.63) is 29.8 Å². The predicted octanol–water partition coefficient (Wildman–Crippen LogP) is 1.42. The molecule has 0 bridgehead atoms. The number of piperidine rings is 1. The van der Waals surface area contributed by atoms with Gasteiger partial charge in [0, 0.05) is 6.54 Å². The Morgan fingerprint density at radius 2 is 2.21 bits per heavy atom. The van der Waals surface area contributed by atoms with Gasteiger partial charge in [0.25, 0.3) is 0 Å². The molecule has 103 valence electrons. The van der Waals surface area contributed by atoms with Gasteiger partial charge in [-0.25, -0.2) is 8.42 Å². The van der Waals surface area contributed by atoms with E-state index >= 15 is 0 Å². The number of aryl methyl sites for hydroxylation is 1. The monoisotopic (exact) mass is 282 g/mol. The van der Waals surface area contributed by atoms with Crippen LogP contribution in [-0.2, 0) is 14.8 Å². The van der Waals surface area contributed by atoms with Crippen molar-refractivity contribution in [1.82, 2.24) is 4.31 Å². The molecule has 2 rings (SSSR count). The predicted molar refractivity (Wildman–Crippen MR) is 69.2 cm³/mol. The van der Waals surface area contributed by atoms with Gasteiger partial charge in [-0.15, -0.1) is 0 Å². The second kappa shape index (κ2) is 5.30. The highest BCUT2D eigenvalue weighted by atomic mass is 32.2. The largest absolute Gasteiger partial charge is 0.480 e. The van der Waals surface area contributed by atoms with Crippen LogP contribution in [0.2, 0.25) is 0 Å². The fraction of sp³-hybridized carbons (Fsp3) is 0.462. The van der Waals surface area contributed by atoms with Crippen molar-refractivity contribution in [2.75, 3.05) is 6.54 Å². The van der Waals surface area contributed by atoms with Crippen molar-refractivity contribution >= 4 is 16.0 Å². The first-order valence-electron chi connectivity index (χ1n) is 6.16. The Bertz CT molecular complexity index is 582. The molecule has 1 aliphatic heterocycles. The Hall–Kier alpha value is -1.40. The van der Waals surface area contributed by atoms with Crippen LogP contribution in [0.1, 0.15) is 24.8 Å². The average molecular weight is 282 g/mol. The summed E-state index contributed by atoms with van der Waals surface area (Å²) in [7, 11) is -3.75. The van der Waals surface area contributed by atoms with E-state index in [4.69, 9.17) is 5.11 Å². The molecule has 5 nitrogen and oxygen atoms in total. The lowest BCUT2D eigenvalue weighted by Gasteiger charge is -2.31. The van der Waals surface area contributed by atoms with Crippen molar-refractivity contribution < 1.29 is 18.3 Å². The zero-order chi connectivity index (χ0) is 14.0. The molecule has 0 saturated carbocycles. The van der Waals surface area contributed by atoms with Crippen LogP contribution in [0.15, 0.2) is 23.1 Å². The summed E-state index contributed by atoms with van der Waals surface area (Å²) in [6.07, 6.45) is 1.80. The van der Waals surface area contributed by atoms with Gasteiger partial charge in [-0.05, 0) is 49.9 Å². The van der Waals surface area contributed by atoms with Crippen LogP contribution in [0.25, 0.3) is 0 Å². The van der Waals surface area contributed by atoms with E-state index in [0.717, 1.165) is 10.7 Å². The summed E-state index contributed by atoms with van der Waals surface area (Å²) < 4.78 is 26.1. The third kappa shape index (κ3) is 2.79. The van der Waals surface area contributed by atoms with Gasteiger partial charge in [0.05, 0.1) is 4.90 Å². The topological polar surface area (TPSA) is 74.7 Å². The van der Waals surface area contributed by atoms with Crippen molar-refractivity contribution in [2.24, 2.45) is 0 Å². The molecule has 6 heteroatoms. The number of nitrogens with zero attached hydrogens (tertiary/aromatic N) is 1. The number of rotatable bonds is 3. The Balaban J connectivity index is 2.40. The zero-order valence-corrected chi connectivity index (χ0v) is 11.5. The lowest BCUT2D eigenvalue weighted by Crippen LogP contribution is -2.47. The molecule has 1 atom stereocenters. The van der Waals surface area contributed by atoms with E-state index in [0.29, 0.717) is 18.4 Å². The van der Waals surface area contributed by atoms with Crippen molar-refractivity contribution in [3.8, 4) is 0 Å². The fourth-order valence-electron chi connectivity index (χ4n) is 2.29. The molecule has 0 aromatic heterocycles. The molecule has 1 unspecified atom stereocenters. The van der Waals surface area contributed by atoms with E-state index in [2.05, 4.69) is 6.07 Å². The number of carbonyl (C=O) groups is 1. The first-order chi connectivity index (χ1) is 8.93. The first-order valence-corrected chi connectivity index (χ1v) is 7.60. The normalized spacial score (nSPS) is 21.2. The van der Waals surface area contributed by atoms with E-state index in [-0.39, 0.29) is 11.4 Å². The Morgan fingerprint density at radius 1 is 1.47 bits per heavy atom. The van der Waals surface area contributed by atoms with Gasteiger partial charge in [-0.3, -0.25) is 4.79 Å². The zero-order valence-electron chi connectivity index (χ0n) is 10.7. The van der Waals surface area contributed by atoms with E-state index in [1.807, 2.05) is 0 Å². The van der Waals surface area contributed by atoms with Crippen molar-refractivity contribution in [2.45, 2.75) is 37.1 Å². The molecular formula is C13H16NO4S. The van der Waals surface area contributed by atoms with E-state index < -0.39 is 22.0 Å². The molecule has 1 aromatic rings. The second-order valence-corrected chi connectivity index (χ2v) is 6.56. The van der Waals surface area contributed by atoms with Gasteiger partial charge >= 0.3 is 5.97 Å². The molecular weight excluding hydrogens is 266 g/mol. The maximum absolute atomic E-state index is 12.5. The number of sulfonamides is 1. The highest BCUT2D eigenvalue weighted by molar-refractivity contribution is 7.89. The Labute approximate surface area is 112 Å². The van der Waals surface area contributed by atoms with Gasteiger partial charge in [0.15, 0.2) is 0 Å². The average Bonchev–Trinajstić information content (AvgIpc) is 2.38. The second-order valence-electron chi connectivity index (χ2n) is 4.67. The Morgan fingerprint density at radius 3 is 2.84 bits per heavy atom. The maximum atomic E-state index is 12.5. The summed E-state index contributed by atoms with van der Waals surface area (Å²) in [5.41, 5.74) is 0.713. The standard InChI is InChI=1S/C13H16NO4S/c1-10-5-4-6-11(9-10)19(17,18)14-8-3-2-7-12(14)13(15)16/h4,6,9,12H,2-3,7-8H2,1H3,(H,15,16). The van der Waals surface area contributed by atoms with E-state index in [1.165, 1.54) is 12.1 Å². The summed E-state index contributed by atoms with van der Waals surface area (Å²) in [6.45, 7) is 2.01. The highest BCUT2D eigenvalue weighted by Gasteiger charge is 2.37. The van der Waals surface area contributed by atoms with Gasteiger partial charge in [0.2, 0.25) is 10.0 Å². The van der Waals surface area contributed by atoms with Gasteiger partial charge in [-0.2, -0.15) is 4.31 Å². The summed E-state index contributed by atoms with van der Waals surface area (Å²) in [6, 6.07) is 6.44. The van der Waals surface area contributed by atoms with Crippen LogP contribution in [-0.4, -0.2) is 36.4 Å². The molecule has 1 radical (unpaired) electrons. The molecule has 1 fully saturated rings. The van der Waals surface area contributed by atoms with Gasteiger partial charge in [0.1, 0.15) is 6.04 Å². The molecule has 1 saturated heterocycles. The van der Waals surface area contributed by atoms with Crippen molar-refractivity contribution in [1.29, 1.82) is 0 Å². The number of carboxylic acid groups (broad SMARTS) is 1. The van der Waals surface area contributed by atoms with Crippen LogP contribution in [0.5, 0.6) is 0 Å². The summed E-state index contributed by atoms with van der Waals surface area (Å²) in [5, 5.41) is 9.16. The van der Waals surface area contributed by atoms with Crippen LogP contribution < -0.4 is 0 Å². The minimum absolute atomic E-state index is 0.136. The lowest BCUT2D eigenvalue weighted by atomic mass is 10.1. The molecule has 19 heavy (non-hydrogen) atoms. The molecule has 0 aliphatic carbocycles. The molecule has 0 amide bonds. The molecule has 1 heterocycles. The fourth-order valence-corrected chi connectivity index (χ4v) is 4.03. The third-order valence-electron chi connectivity index (χ3n) is 3.26. The smallest absolute Gasteiger partial charge is 0.322 e. The first kappa shape index (κ1) is 14.0. The number of hydrogen-bond acceptors (Lipinski definition) is 3. The summed E-state index contributed by atoms with van der Waals surface area (Å²) in [5.74, 6) is -1.08. The maximum Gasteiger partial charge on any atom is 0.322 e. The van der Waals surface area contributed by atoms with Gasteiger partial charge < -0.3 is 5.11 Å². The molecule has 1 aliphatic rings. The van der Waals surface area contributed by atoms with E-state index in [9.17, 15) is 13.2 Å². The highest BCUT2D eigenvalue weighted by Crippen LogP contribution is 2.25. The quantitative estimate of drug-likeness (QED) is 0.910. The summed E-state index contributed by atoms with van der Waals surface area (Å²) in [4.78, 5) is 11.3. The van der Waals surface area contributed by atoms with Crippen molar-refractivity contribution in [3.63, 3.8) is 0 Å². The van der Waals surface area contributed by atoms with Crippen LogP contribution in [0.4, 0.5) is 0 Å². The van der Waals surface area contributed by atoms with Gasteiger partial charge in [-0.1, -0.05) is 6.07 Å². The van der Waals surface area contributed by atoms with Crippen LogP contribution in [0, 0.1) is 13.0 Å². The molecule has 1 N–H and O–H groups in total. The lowest BCUT2D eigenvalue weighted by molar-refractivity contribution is -0.142. The third-order valence-corrected chi connectivity index (χ3v) is 5.17. The number of hydrogen-bond donors (Lipinski definition) is 1. The minimum Gasteiger partial charge on any atom is -0.480 e. The number of aliphatic carboxylic acids is 1. The minimum atomic E-state index is -3.75. The summed E-state index contributed by atoms with van der Waals surface area (Å²) >= 11 is 0. The van der Waals surface area contributed by atoms with Crippen LogP contribution in [0.3, 0.4) is 0 Å². The van der Waals surface area contributed by atoms with Crippen LogP contribution >= 0.6 is 0 Å². The molecule has 0 spiro atoms.